The molecule has 0 saturated heterocycles. The number of nitrogens with zero attached hydrogens (tertiary/aromatic N) is 2. The standard InChI is InChI=1S/C53H44N2/c1-52(2,3)39-21-25-41(26-22-39)54(40-23-19-36(20-24-40)35-13-7-6-8-14-35)42-27-29-44-45-30-28-43(34-49(45)53(4,5)48(44)33-42)55-50-18-12-11-17-46(50)47-31-37-15-9-10-16-38(37)32-51(47)55/h6-34H,1-5H3. The molecule has 1 aliphatic carbocycles. The Morgan fingerprint density at radius 3 is 1.73 bits per heavy atom. The van der Waals surface area contributed by atoms with Crippen molar-refractivity contribution in [2.75, 3.05) is 4.90 Å². The Labute approximate surface area is 323 Å². The number of para-hydroxylation sites is 1. The first-order valence-corrected chi connectivity index (χ1v) is 19.4. The number of benzene rings is 8. The van der Waals surface area contributed by atoms with Crippen molar-refractivity contribution in [1.82, 2.24) is 4.57 Å². The van der Waals surface area contributed by atoms with Crippen molar-refractivity contribution in [3.05, 3.63) is 193 Å². The van der Waals surface area contributed by atoms with Gasteiger partial charge in [0.05, 0.1) is 11.0 Å². The van der Waals surface area contributed by atoms with Gasteiger partial charge in [0.25, 0.3) is 0 Å². The quantitative estimate of drug-likeness (QED) is 0.173. The summed E-state index contributed by atoms with van der Waals surface area (Å²) in [5.74, 6) is 0. The molecule has 0 fully saturated rings. The predicted octanol–water partition coefficient (Wildman–Crippen LogP) is 14.7. The van der Waals surface area contributed by atoms with Crippen molar-refractivity contribution >= 4 is 49.6 Å². The Morgan fingerprint density at radius 2 is 1.02 bits per heavy atom. The molecular formula is C53H44N2. The van der Waals surface area contributed by atoms with E-state index in [1.54, 1.807) is 0 Å². The van der Waals surface area contributed by atoms with Crippen LogP contribution in [0.25, 0.3) is 60.5 Å². The maximum absolute atomic E-state index is 2.46. The van der Waals surface area contributed by atoms with E-state index in [0.717, 1.165) is 17.1 Å². The van der Waals surface area contributed by atoms with Gasteiger partial charge in [0.15, 0.2) is 0 Å². The molecule has 0 unspecified atom stereocenters. The second-order valence-electron chi connectivity index (χ2n) is 16.7. The van der Waals surface area contributed by atoms with Gasteiger partial charge in [-0.15, -0.1) is 0 Å². The lowest BCUT2D eigenvalue weighted by Gasteiger charge is -2.29. The van der Waals surface area contributed by atoms with Crippen LogP contribution in [0.4, 0.5) is 17.1 Å². The molecule has 0 atom stereocenters. The zero-order chi connectivity index (χ0) is 37.5. The van der Waals surface area contributed by atoms with Crippen LogP contribution in [0.2, 0.25) is 0 Å². The van der Waals surface area contributed by atoms with E-state index >= 15 is 0 Å². The molecule has 0 bridgehead atoms. The lowest BCUT2D eigenvalue weighted by Crippen LogP contribution is -2.17. The molecule has 266 valence electrons. The Kier molecular flexibility index (Phi) is 7.44. The summed E-state index contributed by atoms with van der Waals surface area (Å²) < 4.78 is 2.46. The van der Waals surface area contributed by atoms with Gasteiger partial charge in [-0.2, -0.15) is 0 Å². The van der Waals surface area contributed by atoms with E-state index in [1.165, 1.54) is 77.2 Å². The average Bonchev–Trinajstić information content (AvgIpc) is 3.64. The zero-order valence-corrected chi connectivity index (χ0v) is 32.1. The van der Waals surface area contributed by atoms with E-state index in [2.05, 4.69) is 220 Å². The van der Waals surface area contributed by atoms with Crippen LogP contribution in [0.15, 0.2) is 176 Å². The highest BCUT2D eigenvalue weighted by atomic mass is 15.1. The van der Waals surface area contributed by atoms with Gasteiger partial charge in [0.1, 0.15) is 0 Å². The first kappa shape index (κ1) is 33.2. The number of rotatable bonds is 5. The molecule has 55 heavy (non-hydrogen) atoms. The third kappa shape index (κ3) is 5.39. The molecule has 10 rings (SSSR count). The van der Waals surface area contributed by atoms with Gasteiger partial charge in [-0.25, -0.2) is 0 Å². The molecule has 2 nitrogen and oxygen atoms in total. The predicted molar refractivity (Wildman–Crippen MR) is 235 cm³/mol. The Balaban J connectivity index is 1.09. The molecule has 1 aromatic heterocycles. The number of fused-ring (bicyclic) bond motifs is 7. The van der Waals surface area contributed by atoms with E-state index < -0.39 is 0 Å². The second-order valence-corrected chi connectivity index (χ2v) is 16.7. The van der Waals surface area contributed by atoms with Crippen molar-refractivity contribution in [1.29, 1.82) is 0 Å². The summed E-state index contributed by atoms with van der Waals surface area (Å²) >= 11 is 0. The first-order chi connectivity index (χ1) is 26.6. The molecule has 9 aromatic rings. The SMILES string of the molecule is CC(C)(C)c1ccc(N(c2ccc(-c3ccccc3)cc2)c2ccc3c(c2)C(C)(C)c2cc(-n4c5ccccc5c5cc6ccccc6cc54)ccc2-3)cc1. The summed E-state index contributed by atoms with van der Waals surface area (Å²) in [6.45, 7) is 11.6. The third-order valence-electron chi connectivity index (χ3n) is 11.9. The summed E-state index contributed by atoms with van der Waals surface area (Å²) in [4.78, 5) is 2.41. The minimum Gasteiger partial charge on any atom is -0.310 e. The Morgan fingerprint density at radius 1 is 0.455 bits per heavy atom. The topological polar surface area (TPSA) is 8.17 Å². The summed E-state index contributed by atoms with van der Waals surface area (Å²) in [6.07, 6.45) is 0. The average molecular weight is 709 g/mol. The summed E-state index contributed by atoms with van der Waals surface area (Å²) in [5, 5.41) is 5.09. The van der Waals surface area contributed by atoms with E-state index in [-0.39, 0.29) is 10.8 Å². The highest BCUT2D eigenvalue weighted by Crippen LogP contribution is 2.52. The van der Waals surface area contributed by atoms with E-state index in [1.807, 2.05) is 0 Å². The molecule has 0 spiro atoms. The number of hydrogen-bond donors (Lipinski definition) is 0. The fourth-order valence-electron chi connectivity index (χ4n) is 8.92. The van der Waals surface area contributed by atoms with Gasteiger partial charge in [-0.3, -0.25) is 0 Å². The van der Waals surface area contributed by atoms with E-state index in [9.17, 15) is 0 Å². The number of aromatic nitrogens is 1. The molecule has 0 radical (unpaired) electrons. The van der Waals surface area contributed by atoms with Crippen molar-refractivity contribution in [3.8, 4) is 27.9 Å². The van der Waals surface area contributed by atoms with Crippen LogP contribution >= 0.6 is 0 Å². The molecule has 0 aliphatic heterocycles. The van der Waals surface area contributed by atoms with Crippen molar-refractivity contribution < 1.29 is 0 Å². The second kappa shape index (κ2) is 12.3. The van der Waals surface area contributed by atoms with Gasteiger partial charge >= 0.3 is 0 Å². The lowest BCUT2D eigenvalue weighted by atomic mass is 9.82. The third-order valence-corrected chi connectivity index (χ3v) is 11.9. The summed E-state index contributed by atoms with van der Waals surface area (Å²) in [5.41, 5.74) is 16.1. The molecule has 0 amide bonds. The molecule has 8 aromatic carbocycles. The van der Waals surface area contributed by atoms with Gasteiger partial charge in [-0.1, -0.05) is 144 Å². The minimum absolute atomic E-state index is 0.0793. The Hall–Kier alpha value is -6.38. The summed E-state index contributed by atoms with van der Waals surface area (Å²) in [7, 11) is 0. The van der Waals surface area contributed by atoms with Crippen LogP contribution in [0, 0.1) is 0 Å². The van der Waals surface area contributed by atoms with E-state index in [4.69, 9.17) is 0 Å². The molecule has 2 heteroatoms. The Bertz CT molecular complexity index is 2900. The maximum atomic E-state index is 2.46. The van der Waals surface area contributed by atoms with Crippen LogP contribution in [-0.4, -0.2) is 4.57 Å². The van der Waals surface area contributed by atoms with Crippen LogP contribution in [0.5, 0.6) is 0 Å². The maximum Gasteiger partial charge on any atom is 0.0547 e. The first-order valence-electron chi connectivity index (χ1n) is 19.4. The van der Waals surface area contributed by atoms with Crippen molar-refractivity contribution in [3.63, 3.8) is 0 Å². The fraction of sp³-hybridized carbons (Fsp3) is 0.132. The highest BCUT2D eigenvalue weighted by Gasteiger charge is 2.36. The van der Waals surface area contributed by atoms with Gasteiger partial charge in [-0.05, 0) is 122 Å². The summed E-state index contributed by atoms with van der Waals surface area (Å²) in [6, 6.07) is 65.2. The molecule has 1 heterocycles. The largest absolute Gasteiger partial charge is 0.310 e. The van der Waals surface area contributed by atoms with Crippen LogP contribution < -0.4 is 4.90 Å². The lowest BCUT2D eigenvalue weighted by molar-refractivity contribution is 0.590. The minimum atomic E-state index is -0.207. The normalized spacial score (nSPS) is 13.3. The molecule has 0 N–H and O–H groups in total. The molecule has 0 saturated carbocycles. The smallest absolute Gasteiger partial charge is 0.0547 e. The van der Waals surface area contributed by atoms with Crippen LogP contribution in [0.3, 0.4) is 0 Å². The van der Waals surface area contributed by atoms with Gasteiger partial charge in [0, 0.05) is 38.9 Å². The van der Waals surface area contributed by atoms with Gasteiger partial charge in [0.2, 0.25) is 0 Å². The van der Waals surface area contributed by atoms with Crippen LogP contribution in [0.1, 0.15) is 51.3 Å². The fourth-order valence-corrected chi connectivity index (χ4v) is 8.92. The van der Waals surface area contributed by atoms with Gasteiger partial charge < -0.3 is 9.47 Å². The molecule has 1 aliphatic rings. The van der Waals surface area contributed by atoms with E-state index in [0.29, 0.717) is 0 Å². The number of anilines is 3. The highest BCUT2D eigenvalue weighted by molar-refractivity contribution is 6.13. The zero-order valence-electron chi connectivity index (χ0n) is 32.1. The molecular weight excluding hydrogens is 665 g/mol. The van der Waals surface area contributed by atoms with Crippen molar-refractivity contribution in [2.45, 2.75) is 45.4 Å². The monoisotopic (exact) mass is 708 g/mol. The van der Waals surface area contributed by atoms with Crippen molar-refractivity contribution in [2.24, 2.45) is 0 Å². The number of hydrogen-bond acceptors (Lipinski definition) is 1. The van der Waals surface area contributed by atoms with Crippen LogP contribution in [-0.2, 0) is 10.8 Å².